The predicted molar refractivity (Wildman–Crippen MR) is 73.7 cm³/mol. The molecule has 0 bridgehead atoms. The van der Waals surface area contributed by atoms with Crippen molar-refractivity contribution < 1.29 is 9.53 Å². The zero-order valence-corrected chi connectivity index (χ0v) is 11.4. The van der Waals surface area contributed by atoms with E-state index in [2.05, 4.69) is 16.9 Å². The number of carbonyl (C=O) groups excluding carboxylic acids is 1. The fraction of sp³-hybridized carbons (Fsp3) is 0.467. The highest BCUT2D eigenvalue weighted by Crippen LogP contribution is 2.24. The van der Waals surface area contributed by atoms with Crippen molar-refractivity contribution in [2.24, 2.45) is 0 Å². The monoisotopic (exact) mass is 260 g/mol. The van der Waals surface area contributed by atoms with Gasteiger partial charge in [-0.3, -0.25) is 9.78 Å². The predicted octanol–water partition coefficient (Wildman–Crippen LogP) is 1.82. The molecule has 0 aromatic carbocycles. The molecule has 1 amide bonds. The first-order valence-corrected chi connectivity index (χ1v) is 6.51. The number of aromatic nitrogens is 1. The molecule has 0 saturated carbocycles. The maximum atomic E-state index is 12.5. The van der Waals surface area contributed by atoms with Gasteiger partial charge >= 0.3 is 0 Å². The van der Waals surface area contributed by atoms with E-state index >= 15 is 0 Å². The number of pyridine rings is 1. The van der Waals surface area contributed by atoms with Crippen LogP contribution in [0.3, 0.4) is 0 Å². The molecule has 0 radical (unpaired) electrons. The number of nitrogens with zero attached hydrogens (tertiary/aromatic N) is 1. The van der Waals surface area contributed by atoms with Gasteiger partial charge in [-0.05, 0) is 31.9 Å². The van der Waals surface area contributed by atoms with Gasteiger partial charge in [0.15, 0.2) is 0 Å². The molecule has 1 aromatic heterocycles. The van der Waals surface area contributed by atoms with Crippen molar-refractivity contribution in [1.82, 2.24) is 10.3 Å². The van der Waals surface area contributed by atoms with Crippen LogP contribution in [0.2, 0.25) is 0 Å². The van der Waals surface area contributed by atoms with Gasteiger partial charge in [0.1, 0.15) is 0 Å². The minimum absolute atomic E-state index is 0.0112. The highest BCUT2D eigenvalue weighted by Gasteiger charge is 2.34. The average Bonchev–Trinajstić information content (AvgIpc) is 2.87. The van der Waals surface area contributed by atoms with Gasteiger partial charge in [-0.15, -0.1) is 6.58 Å². The lowest BCUT2D eigenvalue weighted by Crippen LogP contribution is -2.47. The van der Waals surface area contributed by atoms with Gasteiger partial charge in [0.05, 0.1) is 17.6 Å². The van der Waals surface area contributed by atoms with E-state index in [4.69, 9.17) is 4.74 Å². The Bertz CT molecular complexity index is 456. The molecule has 4 nitrogen and oxygen atoms in total. The van der Waals surface area contributed by atoms with Crippen LogP contribution in [-0.4, -0.2) is 29.6 Å². The van der Waals surface area contributed by atoms with Gasteiger partial charge in [-0.1, -0.05) is 12.1 Å². The molecular formula is C15H20N2O2. The van der Waals surface area contributed by atoms with E-state index in [1.165, 1.54) is 0 Å². The van der Waals surface area contributed by atoms with E-state index in [9.17, 15) is 4.79 Å². The first-order valence-electron chi connectivity index (χ1n) is 6.51. The molecule has 1 fully saturated rings. The fourth-order valence-corrected chi connectivity index (χ4v) is 2.21. The third-order valence-corrected chi connectivity index (χ3v) is 3.64. The summed E-state index contributed by atoms with van der Waals surface area (Å²) in [5.74, 6) is -0.0112. The second-order valence-corrected chi connectivity index (χ2v) is 5.31. The van der Waals surface area contributed by atoms with Gasteiger partial charge in [0.25, 0.3) is 0 Å². The minimum atomic E-state index is -0.609. The van der Waals surface area contributed by atoms with Crippen molar-refractivity contribution in [2.75, 3.05) is 6.61 Å². The molecule has 1 aliphatic heterocycles. The Morgan fingerprint density at radius 2 is 2.42 bits per heavy atom. The Labute approximate surface area is 113 Å². The third-order valence-electron chi connectivity index (χ3n) is 3.64. The highest BCUT2D eigenvalue weighted by molar-refractivity contribution is 5.87. The van der Waals surface area contributed by atoms with Crippen LogP contribution in [0.5, 0.6) is 0 Å². The van der Waals surface area contributed by atoms with Gasteiger partial charge in [-0.25, -0.2) is 0 Å². The van der Waals surface area contributed by atoms with Crippen LogP contribution >= 0.6 is 0 Å². The van der Waals surface area contributed by atoms with Gasteiger partial charge < -0.3 is 10.1 Å². The van der Waals surface area contributed by atoms with E-state index in [0.29, 0.717) is 6.61 Å². The van der Waals surface area contributed by atoms with Crippen molar-refractivity contribution >= 4 is 5.91 Å². The Kier molecular flexibility index (Phi) is 4.00. The minimum Gasteiger partial charge on any atom is -0.372 e. The lowest BCUT2D eigenvalue weighted by Gasteiger charge is -2.27. The van der Waals surface area contributed by atoms with E-state index in [1.807, 2.05) is 26.0 Å². The molecule has 2 rings (SSSR count). The molecule has 102 valence electrons. The number of hydrogen-bond acceptors (Lipinski definition) is 3. The fourth-order valence-electron chi connectivity index (χ4n) is 2.21. The SMILES string of the molecule is C=C[C@H]1OCC[C@@H]1NC(=O)C(C)(C)c1cccnc1. The second-order valence-electron chi connectivity index (χ2n) is 5.31. The van der Waals surface area contributed by atoms with Crippen LogP contribution in [0.15, 0.2) is 37.2 Å². The van der Waals surface area contributed by atoms with E-state index in [1.54, 1.807) is 18.5 Å². The number of carbonyl (C=O) groups is 1. The molecule has 0 aliphatic carbocycles. The summed E-state index contributed by atoms with van der Waals surface area (Å²) >= 11 is 0. The van der Waals surface area contributed by atoms with Crippen molar-refractivity contribution in [3.8, 4) is 0 Å². The molecule has 1 aromatic rings. The summed E-state index contributed by atoms with van der Waals surface area (Å²) in [6.07, 6.45) is 5.92. The Morgan fingerprint density at radius 1 is 1.63 bits per heavy atom. The Hall–Kier alpha value is -1.68. The maximum Gasteiger partial charge on any atom is 0.230 e. The van der Waals surface area contributed by atoms with Crippen LogP contribution in [0.4, 0.5) is 0 Å². The number of hydrogen-bond donors (Lipinski definition) is 1. The van der Waals surface area contributed by atoms with E-state index in [-0.39, 0.29) is 18.1 Å². The average molecular weight is 260 g/mol. The Balaban J connectivity index is 2.09. The van der Waals surface area contributed by atoms with Crippen LogP contribution in [0.1, 0.15) is 25.8 Å². The topological polar surface area (TPSA) is 51.2 Å². The molecule has 1 N–H and O–H groups in total. The number of amides is 1. The molecule has 0 unspecified atom stereocenters. The summed E-state index contributed by atoms with van der Waals surface area (Å²) in [6, 6.07) is 3.78. The summed E-state index contributed by atoms with van der Waals surface area (Å²) < 4.78 is 5.49. The first kappa shape index (κ1) is 13.7. The zero-order chi connectivity index (χ0) is 13.9. The zero-order valence-electron chi connectivity index (χ0n) is 11.4. The van der Waals surface area contributed by atoms with Crippen LogP contribution in [0.25, 0.3) is 0 Å². The lowest BCUT2D eigenvalue weighted by molar-refractivity contribution is -0.126. The van der Waals surface area contributed by atoms with Crippen LogP contribution in [0, 0.1) is 0 Å². The number of rotatable bonds is 4. The third kappa shape index (κ3) is 2.84. The summed E-state index contributed by atoms with van der Waals surface area (Å²) in [5.41, 5.74) is 0.296. The summed E-state index contributed by atoms with van der Waals surface area (Å²) in [5, 5.41) is 3.06. The van der Waals surface area contributed by atoms with Crippen molar-refractivity contribution in [3.05, 3.63) is 42.7 Å². The van der Waals surface area contributed by atoms with Crippen molar-refractivity contribution in [2.45, 2.75) is 37.8 Å². The molecule has 4 heteroatoms. The van der Waals surface area contributed by atoms with Gasteiger partial charge in [-0.2, -0.15) is 0 Å². The smallest absolute Gasteiger partial charge is 0.230 e. The van der Waals surface area contributed by atoms with Gasteiger partial charge in [0.2, 0.25) is 5.91 Å². The summed E-state index contributed by atoms with van der Waals surface area (Å²) in [7, 11) is 0. The van der Waals surface area contributed by atoms with Gasteiger partial charge in [0, 0.05) is 19.0 Å². The molecule has 1 saturated heterocycles. The molecule has 1 aliphatic rings. The first-order chi connectivity index (χ1) is 9.05. The second kappa shape index (κ2) is 5.53. The maximum absolute atomic E-state index is 12.5. The number of ether oxygens (including phenoxy) is 1. The highest BCUT2D eigenvalue weighted by atomic mass is 16.5. The normalized spacial score (nSPS) is 23.1. The van der Waals surface area contributed by atoms with Crippen LogP contribution < -0.4 is 5.32 Å². The Morgan fingerprint density at radius 3 is 3.05 bits per heavy atom. The summed E-state index contributed by atoms with van der Waals surface area (Å²) in [6.45, 7) is 8.20. The molecule has 2 heterocycles. The molecular weight excluding hydrogens is 240 g/mol. The quantitative estimate of drug-likeness (QED) is 0.840. The summed E-state index contributed by atoms with van der Waals surface area (Å²) in [4.78, 5) is 16.5. The van der Waals surface area contributed by atoms with E-state index in [0.717, 1.165) is 12.0 Å². The standard InChI is InChI=1S/C15H20N2O2/c1-4-13-12(7-9-19-13)17-14(18)15(2,3)11-6-5-8-16-10-11/h4-6,8,10,12-13H,1,7,9H2,2-3H3,(H,17,18)/t12-,13+/m0/s1. The molecule has 2 atom stereocenters. The number of nitrogens with one attached hydrogen (secondary N) is 1. The van der Waals surface area contributed by atoms with Crippen molar-refractivity contribution in [3.63, 3.8) is 0 Å². The lowest BCUT2D eigenvalue weighted by atomic mass is 9.84. The molecule has 19 heavy (non-hydrogen) atoms. The molecule has 0 spiro atoms. The van der Waals surface area contributed by atoms with Crippen LogP contribution in [-0.2, 0) is 14.9 Å². The van der Waals surface area contributed by atoms with E-state index < -0.39 is 5.41 Å². The largest absolute Gasteiger partial charge is 0.372 e. The van der Waals surface area contributed by atoms with Crippen molar-refractivity contribution in [1.29, 1.82) is 0 Å².